The summed E-state index contributed by atoms with van der Waals surface area (Å²) in [4.78, 5) is 24.7. The zero-order valence-electron chi connectivity index (χ0n) is 19.9. The van der Waals surface area contributed by atoms with Gasteiger partial charge in [-0.25, -0.2) is 9.59 Å². The van der Waals surface area contributed by atoms with Crippen LogP contribution >= 0.6 is 0 Å². The number of hydrogen-bond donors (Lipinski definition) is 2. The van der Waals surface area contributed by atoms with E-state index in [1.165, 1.54) is 0 Å². The van der Waals surface area contributed by atoms with Crippen molar-refractivity contribution in [1.29, 1.82) is 0 Å². The molecule has 0 saturated heterocycles. The molecule has 0 heterocycles. The van der Waals surface area contributed by atoms with Gasteiger partial charge in [-0.15, -0.1) is 0 Å². The molecule has 182 valence electrons. The first-order chi connectivity index (χ1) is 17.7. The van der Waals surface area contributed by atoms with Crippen LogP contribution in [0, 0.1) is 0 Å². The Morgan fingerprint density at radius 3 is 1.97 bits per heavy atom. The van der Waals surface area contributed by atoms with Crippen LogP contribution in [-0.2, 0) is 24.3 Å². The van der Waals surface area contributed by atoms with Crippen molar-refractivity contribution >= 4 is 12.2 Å². The van der Waals surface area contributed by atoms with E-state index in [1.54, 1.807) is 6.07 Å². The highest BCUT2D eigenvalue weighted by Crippen LogP contribution is 2.32. The average molecular weight is 481 g/mol. The van der Waals surface area contributed by atoms with Crippen molar-refractivity contribution in [2.24, 2.45) is 0 Å². The van der Waals surface area contributed by atoms with Crippen molar-refractivity contribution in [1.82, 2.24) is 10.6 Å². The van der Waals surface area contributed by atoms with Crippen molar-refractivity contribution < 1.29 is 19.1 Å². The van der Waals surface area contributed by atoms with Crippen LogP contribution in [0.25, 0.3) is 11.1 Å². The molecule has 4 rings (SSSR count). The molecule has 0 fully saturated rings. The average Bonchev–Trinajstić information content (AvgIpc) is 2.92. The number of carbonyl (C=O) groups is 2. The third-order valence-corrected chi connectivity index (χ3v) is 5.56. The maximum absolute atomic E-state index is 12.5. The Hall–Kier alpha value is -4.58. The molecule has 6 nitrogen and oxygen atoms in total. The van der Waals surface area contributed by atoms with Gasteiger partial charge in [0.05, 0.1) is 0 Å². The highest BCUT2D eigenvalue weighted by molar-refractivity contribution is 5.79. The summed E-state index contributed by atoms with van der Waals surface area (Å²) in [5, 5.41) is 5.61. The van der Waals surface area contributed by atoms with Crippen LogP contribution in [0.15, 0.2) is 109 Å². The maximum atomic E-state index is 12.5. The summed E-state index contributed by atoms with van der Waals surface area (Å²) < 4.78 is 11.0. The zero-order valence-corrected chi connectivity index (χ0v) is 19.9. The topological polar surface area (TPSA) is 76.7 Å². The molecule has 0 aliphatic rings. The number of benzene rings is 4. The molecule has 0 bridgehead atoms. The molecule has 0 aliphatic heterocycles. The summed E-state index contributed by atoms with van der Waals surface area (Å²) in [6.07, 6.45) is -0.304. The highest BCUT2D eigenvalue weighted by atomic mass is 16.6. The van der Waals surface area contributed by atoms with Gasteiger partial charge in [-0.05, 0) is 34.7 Å². The van der Waals surface area contributed by atoms with Gasteiger partial charge < -0.3 is 20.1 Å². The predicted octanol–water partition coefficient (Wildman–Crippen LogP) is 6.11. The minimum atomic E-state index is -0.515. The normalized spacial score (nSPS) is 10.3. The molecule has 2 amide bonds. The fourth-order valence-electron chi connectivity index (χ4n) is 3.75. The van der Waals surface area contributed by atoms with E-state index in [1.807, 2.05) is 103 Å². The number of carbonyl (C=O) groups excluding carboxylic acids is 2. The van der Waals surface area contributed by atoms with Gasteiger partial charge in [0.1, 0.15) is 12.4 Å². The fourth-order valence-corrected chi connectivity index (χ4v) is 3.75. The highest BCUT2D eigenvalue weighted by Gasteiger charge is 2.14. The van der Waals surface area contributed by atoms with Gasteiger partial charge in [-0.3, -0.25) is 0 Å². The Kier molecular flexibility index (Phi) is 8.70. The number of para-hydroxylation sites is 1. The molecule has 0 spiro atoms. The summed E-state index contributed by atoms with van der Waals surface area (Å²) in [6.45, 7) is 0.933. The monoisotopic (exact) mass is 480 g/mol. The first-order valence-corrected chi connectivity index (χ1v) is 11.8. The number of nitrogens with one attached hydrogen (secondary N) is 2. The first kappa shape index (κ1) is 24.5. The standard InChI is InChI=1S/C30H28N2O4/c33-29(35-22-24-13-5-2-6-14-24)32-21-25-15-7-8-16-26(25)27-17-9-10-18-28(27)36-30(34)31-20-19-23-11-3-1-4-12-23/h1-18H,19-22H2,(H,31,34)(H,32,33). The number of rotatable bonds is 9. The summed E-state index contributed by atoms with van der Waals surface area (Å²) >= 11 is 0. The smallest absolute Gasteiger partial charge is 0.412 e. The summed E-state index contributed by atoms with van der Waals surface area (Å²) in [6, 6.07) is 34.5. The lowest BCUT2D eigenvalue weighted by molar-refractivity contribution is 0.139. The third-order valence-electron chi connectivity index (χ3n) is 5.56. The molecular formula is C30H28N2O4. The van der Waals surface area contributed by atoms with Gasteiger partial charge in [0.2, 0.25) is 0 Å². The molecule has 0 atom stereocenters. The van der Waals surface area contributed by atoms with Gasteiger partial charge in [0.25, 0.3) is 0 Å². The Labute approximate surface area is 210 Å². The van der Waals surface area contributed by atoms with Crippen LogP contribution < -0.4 is 15.4 Å². The number of alkyl carbamates (subject to hydrolysis) is 1. The Morgan fingerprint density at radius 1 is 0.611 bits per heavy atom. The molecule has 4 aromatic carbocycles. The van der Waals surface area contributed by atoms with E-state index in [0.717, 1.165) is 27.8 Å². The summed E-state index contributed by atoms with van der Waals surface area (Å²) in [5.74, 6) is 0.439. The lowest BCUT2D eigenvalue weighted by Crippen LogP contribution is -2.29. The Bertz CT molecular complexity index is 1280. The molecule has 0 aromatic heterocycles. The van der Waals surface area contributed by atoms with Crippen LogP contribution in [0.2, 0.25) is 0 Å². The number of amides is 2. The number of hydrogen-bond acceptors (Lipinski definition) is 4. The van der Waals surface area contributed by atoms with Crippen LogP contribution in [0.1, 0.15) is 16.7 Å². The molecule has 36 heavy (non-hydrogen) atoms. The van der Waals surface area contributed by atoms with Gasteiger partial charge in [0, 0.05) is 18.7 Å². The molecular weight excluding hydrogens is 452 g/mol. The van der Waals surface area contributed by atoms with E-state index in [4.69, 9.17) is 9.47 Å². The molecule has 2 N–H and O–H groups in total. The molecule has 0 saturated carbocycles. The molecule has 6 heteroatoms. The van der Waals surface area contributed by atoms with Crippen molar-refractivity contribution in [3.8, 4) is 16.9 Å². The molecule has 0 radical (unpaired) electrons. The summed E-state index contributed by atoms with van der Waals surface area (Å²) in [7, 11) is 0. The van der Waals surface area contributed by atoms with Gasteiger partial charge in [0.15, 0.2) is 0 Å². The van der Waals surface area contributed by atoms with Crippen molar-refractivity contribution in [2.45, 2.75) is 19.6 Å². The van der Waals surface area contributed by atoms with E-state index < -0.39 is 12.2 Å². The first-order valence-electron chi connectivity index (χ1n) is 11.8. The number of ether oxygens (including phenoxy) is 2. The summed E-state index contributed by atoms with van der Waals surface area (Å²) in [5.41, 5.74) is 4.54. The van der Waals surface area contributed by atoms with E-state index in [0.29, 0.717) is 18.7 Å². The van der Waals surface area contributed by atoms with E-state index in [2.05, 4.69) is 10.6 Å². The lowest BCUT2D eigenvalue weighted by Gasteiger charge is -2.15. The SMILES string of the molecule is O=C(NCc1ccccc1-c1ccccc1OC(=O)NCCc1ccccc1)OCc1ccccc1. The predicted molar refractivity (Wildman–Crippen MR) is 140 cm³/mol. The second-order valence-electron chi connectivity index (χ2n) is 8.12. The van der Waals surface area contributed by atoms with Crippen molar-refractivity contribution in [2.75, 3.05) is 6.54 Å². The van der Waals surface area contributed by atoms with Gasteiger partial charge >= 0.3 is 12.2 Å². The molecule has 0 aliphatic carbocycles. The second-order valence-corrected chi connectivity index (χ2v) is 8.12. The lowest BCUT2D eigenvalue weighted by atomic mass is 9.99. The van der Waals surface area contributed by atoms with Gasteiger partial charge in [-0.1, -0.05) is 103 Å². The van der Waals surface area contributed by atoms with Crippen LogP contribution in [0.3, 0.4) is 0 Å². The fraction of sp³-hybridized carbons (Fsp3) is 0.133. The van der Waals surface area contributed by atoms with Crippen LogP contribution in [0.5, 0.6) is 5.75 Å². The minimum absolute atomic E-state index is 0.199. The van der Waals surface area contributed by atoms with Crippen molar-refractivity contribution in [3.05, 3.63) is 126 Å². The molecule has 4 aromatic rings. The van der Waals surface area contributed by atoms with Crippen molar-refractivity contribution in [3.63, 3.8) is 0 Å². The Morgan fingerprint density at radius 2 is 1.22 bits per heavy atom. The minimum Gasteiger partial charge on any atom is -0.445 e. The Balaban J connectivity index is 1.37. The quantitative estimate of drug-likeness (QED) is 0.303. The second kappa shape index (κ2) is 12.8. The van der Waals surface area contributed by atoms with E-state index in [-0.39, 0.29) is 13.2 Å². The van der Waals surface area contributed by atoms with E-state index in [9.17, 15) is 9.59 Å². The van der Waals surface area contributed by atoms with E-state index >= 15 is 0 Å². The van der Waals surface area contributed by atoms with Crippen LogP contribution in [-0.4, -0.2) is 18.7 Å². The third kappa shape index (κ3) is 7.21. The largest absolute Gasteiger partial charge is 0.445 e. The molecule has 0 unspecified atom stereocenters. The van der Waals surface area contributed by atoms with Gasteiger partial charge in [-0.2, -0.15) is 0 Å². The van der Waals surface area contributed by atoms with Crippen LogP contribution in [0.4, 0.5) is 9.59 Å². The maximum Gasteiger partial charge on any atom is 0.412 e. The zero-order chi connectivity index (χ0) is 25.0.